The predicted molar refractivity (Wildman–Crippen MR) is 102 cm³/mol. The summed E-state index contributed by atoms with van der Waals surface area (Å²) in [4.78, 5) is 16.7. The van der Waals surface area contributed by atoms with Gasteiger partial charge < -0.3 is 9.73 Å². The number of carbonyl (C=O) groups is 1. The number of rotatable bonds is 5. The summed E-state index contributed by atoms with van der Waals surface area (Å²) in [5, 5.41) is 16.7. The van der Waals surface area contributed by atoms with E-state index in [1.165, 1.54) is 22.6 Å². The number of fused-ring (bicyclic) bond motifs is 1. The Morgan fingerprint density at radius 2 is 1.96 bits per heavy atom. The normalized spacial score (nSPS) is 10.6. The summed E-state index contributed by atoms with van der Waals surface area (Å²) >= 11 is 1.19. The largest absolute Gasteiger partial charge is 0.431 e. The lowest BCUT2D eigenvalue weighted by molar-refractivity contribution is -0.113. The first-order valence-electron chi connectivity index (χ1n) is 8.06. The van der Waals surface area contributed by atoms with E-state index in [1.807, 2.05) is 60.7 Å². The van der Waals surface area contributed by atoms with Crippen molar-refractivity contribution in [3.8, 4) is 11.8 Å². The second-order valence-electron chi connectivity index (χ2n) is 5.55. The minimum Gasteiger partial charge on any atom is -0.431 e. The lowest BCUT2D eigenvalue weighted by Gasteiger charge is -2.09. The molecule has 0 spiro atoms. The maximum atomic E-state index is 12.4. The van der Waals surface area contributed by atoms with Crippen LogP contribution in [0.4, 0.5) is 5.82 Å². The molecular formula is C19H13N5O2S. The smallest absolute Gasteiger partial charge is 0.257 e. The molecule has 2 aromatic heterocycles. The molecule has 1 N–H and O–H groups in total. The highest BCUT2D eigenvalue weighted by Crippen LogP contribution is 2.24. The minimum absolute atomic E-state index is 0.0949. The van der Waals surface area contributed by atoms with Crippen LogP contribution in [0.1, 0.15) is 5.56 Å². The molecule has 2 heterocycles. The maximum absolute atomic E-state index is 12.4. The van der Waals surface area contributed by atoms with Crippen LogP contribution >= 0.6 is 11.8 Å². The number of oxazole rings is 1. The quantitative estimate of drug-likeness (QED) is 0.535. The number of para-hydroxylation sites is 3. The number of thioether (sulfide) groups is 1. The predicted octanol–water partition coefficient (Wildman–Crippen LogP) is 3.62. The van der Waals surface area contributed by atoms with Crippen LogP contribution in [0.25, 0.3) is 16.8 Å². The van der Waals surface area contributed by atoms with Crippen LogP contribution in [0, 0.1) is 11.3 Å². The number of nitrogens with zero attached hydrogens (tertiary/aromatic N) is 4. The molecule has 4 rings (SSSR count). The van der Waals surface area contributed by atoms with E-state index in [0.29, 0.717) is 22.2 Å². The second kappa shape index (κ2) is 7.35. The fourth-order valence-corrected chi connectivity index (χ4v) is 3.16. The number of nitrogens with one attached hydrogen (secondary N) is 1. The Labute approximate surface area is 158 Å². The Hall–Kier alpha value is -3.57. The molecule has 0 fully saturated rings. The van der Waals surface area contributed by atoms with Crippen molar-refractivity contribution >= 4 is 34.6 Å². The van der Waals surface area contributed by atoms with Crippen LogP contribution < -0.4 is 5.32 Å². The highest BCUT2D eigenvalue weighted by atomic mass is 32.2. The Bertz CT molecular complexity index is 1110. The van der Waals surface area contributed by atoms with Crippen molar-refractivity contribution < 1.29 is 9.21 Å². The third kappa shape index (κ3) is 3.54. The molecule has 2 aromatic carbocycles. The van der Waals surface area contributed by atoms with Gasteiger partial charge in [-0.15, -0.1) is 0 Å². The van der Waals surface area contributed by atoms with E-state index in [1.54, 1.807) is 0 Å². The molecule has 0 saturated carbocycles. The molecule has 0 atom stereocenters. The molecule has 1 amide bonds. The molecule has 0 aliphatic heterocycles. The van der Waals surface area contributed by atoms with Crippen LogP contribution in [-0.2, 0) is 4.79 Å². The summed E-state index contributed by atoms with van der Waals surface area (Å²) in [6, 6.07) is 18.7. The van der Waals surface area contributed by atoms with Gasteiger partial charge in [-0.05, 0) is 24.3 Å². The fraction of sp³-hybridized carbons (Fsp3) is 0.0526. The van der Waals surface area contributed by atoms with Crippen molar-refractivity contribution in [1.82, 2.24) is 14.8 Å². The number of benzene rings is 2. The van der Waals surface area contributed by atoms with Crippen molar-refractivity contribution in [1.29, 1.82) is 5.26 Å². The Kier molecular flexibility index (Phi) is 4.60. The number of carbonyl (C=O) groups excluding carboxylic acids is 1. The van der Waals surface area contributed by atoms with Gasteiger partial charge in [0.15, 0.2) is 11.4 Å². The molecule has 8 heteroatoms. The van der Waals surface area contributed by atoms with E-state index >= 15 is 0 Å². The Morgan fingerprint density at radius 3 is 2.74 bits per heavy atom. The highest BCUT2D eigenvalue weighted by molar-refractivity contribution is 7.99. The number of hydrogen-bond donors (Lipinski definition) is 1. The number of amides is 1. The third-order valence-corrected chi connectivity index (χ3v) is 4.58. The Morgan fingerprint density at radius 1 is 1.19 bits per heavy atom. The number of anilines is 1. The average Bonchev–Trinajstić information content (AvgIpc) is 3.30. The van der Waals surface area contributed by atoms with E-state index in [0.717, 1.165) is 11.2 Å². The number of hydrogen-bond acceptors (Lipinski definition) is 6. The van der Waals surface area contributed by atoms with Crippen molar-refractivity contribution in [3.63, 3.8) is 0 Å². The van der Waals surface area contributed by atoms with Gasteiger partial charge in [0, 0.05) is 0 Å². The zero-order chi connectivity index (χ0) is 18.6. The summed E-state index contributed by atoms with van der Waals surface area (Å²) in [7, 11) is 0. The van der Waals surface area contributed by atoms with Crippen molar-refractivity contribution in [2.45, 2.75) is 5.22 Å². The molecule has 0 aliphatic rings. The monoisotopic (exact) mass is 375 g/mol. The van der Waals surface area contributed by atoms with Crippen molar-refractivity contribution in [2.75, 3.05) is 11.1 Å². The summed E-state index contributed by atoms with van der Waals surface area (Å²) in [5.74, 6) is 0.154. The standard InChI is InChI=1S/C19H13N5O2S/c20-10-13-11-21-24(14-6-2-1-3-7-14)18(13)23-17(25)12-27-19-22-15-8-4-5-9-16(15)26-19/h1-9,11H,12H2,(H,23,25). The van der Waals surface area contributed by atoms with Crippen molar-refractivity contribution in [3.05, 3.63) is 66.4 Å². The molecule has 7 nitrogen and oxygen atoms in total. The molecule has 0 radical (unpaired) electrons. The lowest BCUT2D eigenvalue weighted by Crippen LogP contribution is -2.17. The van der Waals surface area contributed by atoms with Gasteiger partial charge in [-0.1, -0.05) is 42.1 Å². The molecule has 0 aliphatic carbocycles. The zero-order valence-corrected chi connectivity index (χ0v) is 14.8. The van der Waals surface area contributed by atoms with E-state index < -0.39 is 0 Å². The molecule has 0 unspecified atom stereocenters. The van der Waals surface area contributed by atoms with Gasteiger partial charge in [0.05, 0.1) is 17.6 Å². The van der Waals surface area contributed by atoms with E-state index in [-0.39, 0.29) is 11.7 Å². The first-order valence-corrected chi connectivity index (χ1v) is 9.05. The summed E-state index contributed by atoms with van der Waals surface area (Å²) < 4.78 is 7.12. The fourth-order valence-electron chi connectivity index (χ4n) is 2.52. The SMILES string of the molecule is N#Cc1cnn(-c2ccccc2)c1NC(=O)CSc1nc2ccccc2o1. The molecular weight excluding hydrogens is 362 g/mol. The number of aromatic nitrogens is 3. The summed E-state index contributed by atoms with van der Waals surface area (Å²) in [6.45, 7) is 0. The molecule has 4 aromatic rings. The molecule has 0 saturated heterocycles. The van der Waals surface area contributed by atoms with Gasteiger partial charge in [-0.2, -0.15) is 10.4 Å². The van der Waals surface area contributed by atoms with Crippen molar-refractivity contribution in [2.24, 2.45) is 0 Å². The van der Waals surface area contributed by atoms with Crippen LogP contribution in [0.3, 0.4) is 0 Å². The summed E-state index contributed by atoms with van der Waals surface area (Å²) in [6.07, 6.45) is 1.43. The van der Waals surface area contributed by atoms with E-state index in [4.69, 9.17) is 4.42 Å². The maximum Gasteiger partial charge on any atom is 0.257 e. The van der Waals surface area contributed by atoms with Gasteiger partial charge in [0.25, 0.3) is 5.22 Å². The average molecular weight is 375 g/mol. The van der Waals surface area contributed by atoms with Gasteiger partial charge in [0.1, 0.15) is 17.1 Å². The minimum atomic E-state index is -0.281. The topological polar surface area (TPSA) is 96.7 Å². The van der Waals surface area contributed by atoms with Gasteiger partial charge in [0.2, 0.25) is 5.91 Å². The van der Waals surface area contributed by atoms with E-state index in [9.17, 15) is 10.1 Å². The van der Waals surface area contributed by atoms with Crippen LogP contribution in [0.15, 0.2) is 70.4 Å². The molecule has 0 bridgehead atoms. The second-order valence-corrected chi connectivity index (χ2v) is 6.48. The first kappa shape index (κ1) is 16.9. The van der Waals surface area contributed by atoms with Gasteiger partial charge in [-0.3, -0.25) is 4.79 Å². The Balaban J connectivity index is 1.49. The van der Waals surface area contributed by atoms with E-state index in [2.05, 4.69) is 15.4 Å². The highest BCUT2D eigenvalue weighted by Gasteiger charge is 2.16. The molecule has 27 heavy (non-hydrogen) atoms. The number of nitriles is 1. The lowest BCUT2D eigenvalue weighted by atomic mass is 10.3. The molecule has 132 valence electrons. The zero-order valence-electron chi connectivity index (χ0n) is 14.0. The van der Waals surface area contributed by atoms with Crippen LogP contribution in [0.5, 0.6) is 0 Å². The third-order valence-electron chi connectivity index (χ3n) is 3.75. The first-order chi connectivity index (χ1) is 13.2. The summed E-state index contributed by atoms with van der Waals surface area (Å²) in [5.41, 5.74) is 2.46. The van der Waals surface area contributed by atoms with Gasteiger partial charge in [-0.25, -0.2) is 9.67 Å². The van der Waals surface area contributed by atoms with Gasteiger partial charge >= 0.3 is 0 Å². The van der Waals surface area contributed by atoms with Crippen LogP contribution in [-0.4, -0.2) is 26.4 Å². The van der Waals surface area contributed by atoms with Crippen LogP contribution in [0.2, 0.25) is 0 Å².